The Morgan fingerprint density at radius 1 is 0.892 bits per heavy atom. The predicted octanol–water partition coefficient (Wildman–Crippen LogP) is 8.32. The highest BCUT2D eigenvalue weighted by Crippen LogP contribution is 2.49. The predicted molar refractivity (Wildman–Crippen MR) is 149 cm³/mol. The third kappa shape index (κ3) is 8.15. The van der Waals surface area contributed by atoms with Crippen LogP contribution in [0.5, 0.6) is 17.2 Å². The lowest BCUT2D eigenvalue weighted by atomic mass is 9.66. The first-order chi connectivity index (χ1) is 17.8. The number of unbranched alkanes of at least 4 members (excludes halogenated alkanes) is 8. The first kappa shape index (κ1) is 28.9. The van der Waals surface area contributed by atoms with Gasteiger partial charge in [0, 0.05) is 17.4 Å². The lowest BCUT2D eigenvalue weighted by Crippen LogP contribution is -2.40. The van der Waals surface area contributed by atoms with Gasteiger partial charge in [-0.1, -0.05) is 96.3 Å². The molecule has 5 heteroatoms. The van der Waals surface area contributed by atoms with Crippen LogP contribution in [-0.4, -0.2) is 27.9 Å². The first-order valence-corrected chi connectivity index (χ1v) is 14.3. The summed E-state index contributed by atoms with van der Waals surface area (Å²) < 4.78 is 6.11. The monoisotopic (exact) mass is 510 g/mol. The molecule has 0 aromatic heterocycles. The molecule has 0 spiro atoms. The van der Waals surface area contributed by atoms with Gasteiger partial charge in [0.25, 0.3) is 0 Å². The van der Waals surface area contributed by atoms with Crippen LogP contribution >= 0.6 is 0 Å². The molecule has 3 atom stereocenters. The maximum atomic E-state index is 11.6. The maximum absolute atomic E-state index is 11.6. The summed E-state index contributed by atoms with van der Waals surface area (Å²) in [4.78, 5) is 11.6. The fourth-order valence-electron chi connectivity index (χ4n) is 5.86. The highest BCUT2D eigenvalue weighted by Gasteiger charge is 2.42. The minimum absolute atomic E-state index is 0.178. The van der Waals surface area contributed by atoms with Crippen molar-refractivity contribution in [2.45, 2.75) is 109 Å². The van der Waals surface area contributed by atoms with Gasteiger partial charge in [-0.2, -0.15) is 0 Å². The summed E-state index contributed by atoms with van der Waals surface area (Å²) in [5, 5.41) is 29.3. The molecule has 1 heterocycles. The zero-order valence-corrected chi connectivity index (χ0v) is 22.8. The van der Waals surface area contributed by atoms with Gasteiger partial charge in [-0.05, 0) is 48.6 Å². The second-order valence-electron chi connectivity index (χ2n) is 11.1. The van der Waals surface area contributed by atoms with E-state index in [0.29, 0.717) is 6.61 Å². The molecule has 0 saturated heterocycles. The van der Waals surface area contributed by atoms with Crippen LogP contribution < -0.4 is 4.74 Å². The molecule has 0 aliphatic carbocycles. The third-order valence-electron chi connectivity index (χ3n) is 8.25. The fourth-order valence-corrected chi connectivity index (χ4v) is 5.86. The molecule has 3 rings (SSSR count). The number of fused-ring (bicyclic) bond motifs is 1. The van der Waals surface area contributed by atoms with Crippen molar-refractivity contribution in [3.63, 3.8) is 0 Å². The van der Waals surface area contributed by atoms with Crippen molar-refractivity contribution in [2.75, 3.05) is 6.61 Å². The smallest absolute Gasteiger partial charge is 0.306 e. The van der Waals surface area contributed by atoms with Crippen molar-refractivity contribution in [1.82, 2.24) is 0 Å². The van der Waals surface area contributed by atoms with Crippen LogP contribution in [0.4, 0.5) is 0 Å². The number of aliphatic carboxylic acids is 1. The number of rotatable bonds is 16. The molecule has 0 saturated carbocycles. The summed E-state index contributed by atoms with van der Waals surface area (Å²) >= 11 is 0. The van der Waals surface area contributed by atoms with E-state index < -0.39 is 5.97 Å². The summed E-state index contributed by atoms with van der Waals surface area (Å²) in [7, 11) is 0. The van der Waals surface area contributed by atoms with Crippen LogP contribution in [-0.2, 0) is 10.2 Å². The molecule has 0 amide bonds. The highest BCUT2D eigenvalue weighted by atomic mass is 16.5. The van der Waals surface area contributed by atoms with Crippen molar-refractivity contribution in [3.05, 3.63) is 53.6 Å². The number of benzene rings is 2. The molecule has 0 fully saturated rings. The molecule has 0 bridgehead atoms. The van der Waals surface area contributed by atoms with E-state index in [2.05, 4.69) is 13.8 Å². The van der Waals surface area contributed by atoms with E-state index >= 15 is 0 Å². The van der Waals surface area contributed by atoms with Gasteiger partial charge >= 0.3 is 5.97 Å². The number of aromatic hydroxyl groups is 2. The van der Waals surface area contributed by atoms with Gasteiger partial charge in [0.1, 0.15) is 17.2 Å². The lowest BCUT2D eigenvalue weighted by Gasteiger charge is -2.43. The molecular weight excluding hydrogens is 464 g/mol. The van der Waals surface area contributed by atoms with Crippen molar-refractivity contribution >= 4 is 5.97 Å². The molecule has 5 nitrogen and oxygen atoms in total. The van der Waals surface area contributed by atoms with E-state index in [1.807, 2.05) is 18.2 Å². The van der Waals surface area contributed by atoms with Crippen molar-refractivity contribution < 1.29 is 24.9 Å². The standard InChI is InChI=1S/C32H46O5/c1-3-4-5-10-13-24(31(35)36)14-11-8-6-7-9-12-15-29-28-21-20-27(34)22-30(28)37-23-32(29,2)25-16-18-26(33)19-17-25/h16-22,24,29,33-34H,3-15,23H2,1-2H3,(H,35,36). The number of phenolic OH excluding ortho intramolecular Hbond substituents is 2. The van der Waals surface area contributed by atoms with E-state index in [0.717, 1.165) is 87.5 Å². The summed E-state index contributed by atoms with van der Waals surface area (Å²) in [6.45, 7) is 4.94. The zero-order valence-electron chi connectivity index (χ0n) is 22.8. The Balaban J connectivity index is 1.48. The van der Waals surface area contributed by atoms with Crippen LogP contribution in [0.3, 0.4) is 0 Å². The van der Waals surface area contributed by atoms with Gasteiger partial charge < -0.3 is 20.1 Å². The summed E-state index contributed by atoms with van der Waals surface area (Å²) in [6, 6.07) is 12.9. The molecular formula is C32H46O5. The molecule has 1 aliphatic rings. The average molecular weight is 511 g/mol. The molecule has 3 N–H and O–H groups in total. The number of carboxylic acids is 1. The quantitative estimate of drug-likeness (QED) is 0.198. The summed E-state index contributed by atoms with van der Waals surface area (Å²) in [6.07, 6.45) is 13.9. The van der Waals surface area contributed by atoms with E-state index in [1.165, 1.54) is 12.8 Å². The Morgan fingerprint density at radius 2 is 1.49 bits per heavy atom. The minimum atomic E-state index is -0.627. The molecule has 1 aliphatic heterocycles. The largest absolute Gasteiger partial charge is 0.508 e. The van der Waals surface area contributed by atoms with Crippen molar-refractivity contribution in [3.8, 4) is 17.2 Å². The number of phenols is 2. The molecule has 3 unspecified atom stereocenters. The zero-order chi connectivity index (χ0) is 26.7. The molecule has 2 aromatic rings. The van der Waals surface area contributed by atoms with Crippen LogP contribution in [0, 0.1) is 5.92 Å². The number of carboxylic acid groups (broad SMARTS) is 1. The van der Waals surface area contributed by atoms with Gasteiger partial charge in [0.15, 0.2) is 0 Å². The van der Waals surface area contributed by atoms with E-state index in [1.54, 1.807) is 24.3 Å². The Morgan fingerprint density at radius 3 is 2.14 bits per heavy atom. The Bertz CT molecular complexity index is 970. The number of carbonyl (C=O) groups is 1. The lowest BCUT2D eigenvalue weighted by molar-refractivity contribution is -0.142. The van der Waals surface area contributed by atoms with Crippen molar-refractivity contribution in [1.29, 1.82) is 0 Å². The average Bonchev–Trinajstić information content (AvgIpc) is 2.88. The summed E-state index contributed by atoms with van der Waals surface area (Å²) in [5.74, 6) is 0.698. The van der Waals surface area contributed by atoms with Gasteiger partial charge in [0.2, 0.25) is 0 Å². The molecule has 2 aromatic carbocycles. The molecule has 37 heavy (non-hydrogen) atoms. The van der Waals surface area contributed by atoms with E-state index in [4.69, 9.17) is 4.74 Å². The molecule has 0 radical (unpaired) electrons. The minimum Gasteiger partial charge on any atom is -0.508 e. The van der Waals surface area contributed by atoms with Crippen LogP contribution in [0.25, 0.3) is 0 Å². The fraction of sp³-hybridized carbons (Fsp3) is 0.594. The van der Waals surface area contributed by atoms with Gasteiger partial charge in [-0.3, -0.25) is 4.79 Å². The van der Waals surface area contributed by atoms with Crippen LogP contribution in [0.1, 0.15) is 114 Å². The maximum Gasteiger partial charge on any atom is 0.306 e. The van der Waals surface area contributed by atoms with Crippen LogP contribution in [0.2, 0.25) is 0 Å². The number of hydrogen-bond donors (Lipinski definition) is 3. The Kier molecular flexibility index (Phi) is 11.2. The first-order valence-electron chi connectivity index (χ1n) is 14.3. The van der Waals surface area contributed by atoms with Gasteiger partial charge in [-0.15, -0.1) is 0 Å². The second-order valence-corrected chi connectivity index (χ2v) is 11.1. The molecule has 204 valence electrons. The topological polar surface area (TPSA) is 87.0 Å². The van der Waals surface area contributed by atoms with Crippen LogP contribution in [0.15, 0.2) is 42.5 Å². The summed E-state index contributed by atoms with van der Waals surface area (Å²) in [5.41, 5.74) is 2.07. The van der Waals surface area contributed by atoms with E-state index in [9.17, 15) is 20.1 Å². The Labute approximate surface area is 222 Å². The number of ether oxygens (including phenoxy) is 1. The normalized spacial score (nSPS) is 19.7. The Hall–Kier alpha value is -2.69. The van der Waals surface area contributed by atoms with Crippen molar-refractivity contribution in [2.24, 2.45) is 5.92 Å². The third-order valence-corrected chi connectivity index (χ3v) is 8.25. The number of hydrogen-bond acceptors (Lipinski definition) is 4. The van der Waals surface area contributed by atoms with Gasteiger partial charge in [0.05, 0.1) is 12.5 Å². The SMILES string of the molecule is CCCCCCC(CCCCCCCCC1c2ccc(O)cc2OCC1(C)c1ccc(O)cc1)C(=O)O. The van der Waals surface area contributed by atoms with Gasteiger partial charge in [-0.25, -0.2) is 0 Å². The second kappa shape index (κ2) is 14.3. The highest BCUT2D eigenvalue weighted by molar-refractivity contribution is 5.69. The van der Waals surface area contributed by atoms with E-state index in [-0.39, 0.29) is 28.7 Å².